The molecule has 3 aromatic rings. The van der Waals surface area contributed by atoms with Gasteiger partial charge in [-0.15, -0.1) is 10.2 Å². The highest BCUT2D eigenvalue weighted by Crippen LogP contribution is 2.16. The third-order valence-electron chi connectivity index (χ3n) is 3.72. The van der Waals surface area contributed by atoms with E-state index in [0.29, 0.717) is 17.0 Å². The van der Waals surface area contributed by atoms with E-state index in [9.17, 15) is 9.18 Å². The molecule has 0 unspecified atom stereocenters. The largest absolute Gasteiger partial charge is 0.292 e. The molecule has 0 aliphatic carbocycles. The number of benzene rings is 2. The lowest BCUT2D eigenvalue weighted by Crippen LogP contribution is -2.13. The van der Waals surface area contributed by atoms with Crippen molar-refractivity contribution >= 4 is 5.78 Å². The van der Waals surface area contributed by atoms with Gasteiger partial charge in [-0.25, -0.2) is 4.39 Å². The first-order valence-corrected chi connectivity index (χ1v) is 7.70. The fourth-order valence-corrected chi connectivity index (χ4v) is 2.33. The Hall–Kier alpha value is -2.89. The van der Waals surface area contributed by atoms with Crippen molar-refractivity contribution in [3.05, 3.63) is 65.5 Å². The van der Waals surface area contributed by atoms with Crippen molar-refractivity contribution in [3.8, 4) is 11.4 Å². The van der Waals surface area contributed by atoms with Crippen molar-refractivity contribution in [2.24, 2.45) is 0 Å². The fraction of sp³-hybridized carbons (Fsp3) is 0.222. The molecule has 0 spiro atoms. The molecule has 0 bridgehead atoms. The van der Waals surface area contributed by atoms with Gasteiger partial charge in [0, 0.05) is 11.1 Å². The normalized spacial score (nSPS) is 11.0. The molecule has 122 valence electrons. The Labute approximate surface area is 139 Å². The van der Waals surface area contributed by atoms with Crippen LogP contribution in [-0.2, 0) is 6.54 Å². The van der Waals surface area contributed by atoms with Crippen molar-refractivity contribution < 1.29 is 9.18 Å². The Bertz CT molecular complexity index is 855. The minimum atomic E-state index is -0.370. The summed E-state index contributed by atoms with van der Waals surface area (Å²) in [6, 6.07) is 13.5. The van der Waals surface area contributed by atoms with Crippen LogP contribution in [-0.4, -0.2) is 26.0 Å². The number of hydrogen-bond acceptors (Lipinski definition) is 4. The summed E-state index contributed by atoms with van der Waals surface area (Å²) >= 11 is 0. The number of hydrogen-bond donors (Lipinski definition) is 0. The van der Waals surface area contributed by atoms with E-state index in [1.54, 1.807) is 12.1 Å². The van der Waals surface area contributed by atoms with E-state index in [1.165, 1.54) is 22.5 Å². The van der Waals surface area contributed by atoms with Gasteiger partial charge >= 0.3 is 0 Å². The van der Waals surface area contributed by atoms with Gasteiger partial charge in [0.2, 0.25) is 5.82 Å². The number of ketones is 1. The maximum absolute atomic E-state index is 13.2. The lowest BCUT2D eigenvalue weighted by atomic mass is 10.0. The molecule has 0 saturated heterocycles. The van der Waals surface area contributed by atoms with Crippen molar-refractivity contribution in [1.82, 2.24) is 20.2 Å². The maximum Gasteiger partial charge on any atom is 0.205 e. The molecule has 2 aromatic carbocycles. The van der Waals surface area contributed by atoms with E-state index < -0.39 is 0 Å². The molecule has 24 heavy (non-hydrogen) atoms. The number of tetrazole rings is 1. The number of nitrogens with zero attached hydrogens (tertiary/aromatic N) is 4. The van der Waals surface area contributed by atoms with Gasteiger partial charge in [0.05, 0.1) is 0 Å². The second-order valence-corrected chi connectivity index (χ2v) is 5.85. The first-order chi connectivity index (χ1) is 11.5. The van der Waals surface area contributed by atoms with Crippen LogP contribution in [0, 0.1) is 5.82 Å². The van der Waals surface area contributed by atoms with Crippen LogP contribution in [0.2, 0.25) is 0 Å². The van der Waals surface area contributed by atoms with E-state index in [2.05, 4.69) is 29.3 Å². The number of carbonyl (C=O) groups excluding carboxylic acids is 1. The molecule has 1 aromatic heterocycles. The van der Waals surface area contributed by atoms with Gasteiger partial charge in [-0.05, 0) is 28.8 Å². The van der Waals surface area contributed by atoms with Crippen LogP contribution in [0.15, 0.2) is 48.5 Å². The number of Topliss-reactive ketones (excluding diaryl/α,β-unsaturated/α-hetero) is 1. The molecule has 5 nitrogen and oxygen atoms in total. The maximum atomic E-state index is 13.2. The third-order valence-corrected chi connectivity index (χ3v) is 3.72. The van der Waals surface area contributed by atoms with E-state index in [4.69, 9.17) is 0 Å². The highest BCUT2D eigenvalue weighted by Gasteiger charge is 2.12. The molecule has 0 N–H and O–H groups in total. The Kier molecular flexibility index (Phi) is 4.46. The number of aromatic nitrogens is 4. The van der Waals surface area contributed by atoms with E-state index in [-0.39, 0.29) is 24.0 Å². The van der Waals surface area contributed by atoms with Gasteiger partial charge in [0.1, 0.15) is 12.4 Å². The molecule has 1 heterocycles. The number of rotatable bonds is 5. The Morgan fingerprint density at radius 2 is 1.92 bits per heavy atom. The van der Waals surface area contributed by atoms with Gasteiger partial charge in [-0.3, -0.25) is 4.79 Å². The molecular formula is C18H17FN4O. The quantitative estimate of drug-likeness (QED) is 0.674. The predicted octanol–water partition coefficient (Wildman–Crippen LogP) is 3.49. The molecule has 0 aliphatic rings. The molecule has 0 fully saturated rings. The van der Waals surface area contributed by atoms with Gasteiger partial charge in [0.15, 0.2) is 5.78 Å². The second-order valence-electron chi connectivity index (χ2n) is 5.85. The third kappa shape index (κ3) is 3.53. The summed E-state index contributed by atoms with van der Waals surface area (Å²) in [5, 5.41) is 11.9. The van der Waals surface area contributed by atoms with Crippen LogP contribution in [0.5, 0.6) is 0 Å². The summed E-state index contributed by atoms with van der Waals surface area (Å²) in [7, 11) is 0. The summed E-state index contributed by atoms with van der Waals surface area (Å²) in [5.74, 6) is 0.232. The SMILES string of the molecule is CC(C)c1ccc(C(=O)Cn2nnc(-c3cccc(F)c3)n2)cc1. The zero-order valence-electron chi connectivity index (χ0n) is 13.5. The summed E-state index contributed by atoms with van der Waals surface area (Å²) in [6.45, 7) is 4.19. The Morgan fingerprint density at radius 1 is 1.17 bits per heavy atom. The van der Waals surface area contributed by atoms with Crippen molar-refractivity contribution in [1.29, 1.82) is 0 Å². The first kappa shape index (κ1) is 16.0. The van der Waals surface area contributed by atoms with Gasteiger partial charge in [-0.1, -0.05) is 50.2 Å². The smallest absolute Gasteiger partial charge is 0.205 e. The lowest BCUT2D eigenvalue weighted by molar-refractivity contribution is 0.0961. The topological polar surface area (TPSA) is 60.7 Å². The molecule has 0 atom stereocenters. The van der Waals surface area contributed by atoms with Crippen LogP contribution in [0.3, 0.4) is 0 Å². The van der Waals surface area contributed by atoms with Crippen LogP contribution in [0.25, 0.3) is 11.4 Å². The molecule has 0 amide bonds. The van der Waals surface area contributed by atoms with Gasteiger partial charge < -0.3 is 0 Å². The zero-order valence-corrected chi connectivity index (χ0v) is 13.5. The Balaban J connectivity index is 1.73. The fourth-order valence-electron chi connectivity index (χ4n) is 2.33. The first-order valence-electron chi connectivity index (χ1n) is 7.70. The summed E-state index contributed by atoms with van der Waals surface area (Å²) < 4.78 is 13.2. The van der Waals surface area contributed by atoms with Crippen LogP contribution in [0.4, 0.5) is 4.39 Å². The monoisotopic (exact) mass is 324 g/mol. The average molecular weight is 324 g/mol. The lowest BCUT2D eigenvalue weighted by Gasteiger charge is -2.06. The van der Waals surface area contributed by atoms with Crippen LogP contribution < -0.4 is 0 Å². The molecular weight excluding hydrogens is 307 g/mol. The van der Waals surface area contributed by atoms with Crippen molar-refractivity contribution in [2.45, 2.75) is 26.3 Å². The second kappa shape index (κ2) is 6.70. The number of halogens is 1. The molecule has 6 heteroatoms. The molecule has 3 rings (SSSR count). The molecule has 0 radical (unpaired) electrons. The van der Waals surface area contributed by atoms with Crippen LogP contribution >= 0.6 is 0 Å². The summed E-state index contributed by atoms with van der Waals surface area (Å²) in [5.41, 5.74) is 2.30. The molecule has 0 saturated carbocycles. The highest BCUT2D eigenvalue weighted by atomic mass is 19.1. The van der Waals surface area contributed by atoms with Crippen molar-refractivity contribution in [2.75, 3.05) is 0 Å². The summed E-state index contributed by atoms with van der Waals surface area (Å²) in [6.07, 6.45) is 0. The molecule has 0 aliphatic heterocycles. The number of carbonyl (C=O) groups is 1. The van der Waals surface area contributed by atoms with E-state index in [1.807, 2.05) is 24.3 Å². The minimum Gasteiger partial charge on any atom is -0.292 e. The van der Waals surface area contributed by atoms with E-state index >= 15 is 0 Å². The summed E-state index contributed by atoms with van der Waals surface area (Å²) in [4.78, 5) is 13.5. The highest BCUT2D eigenvalue weighted by molar-refractivity contribution is 5.95. The average Bonchev–Trinajstić information content (AvgIpc) is 3.03. The Morgan fingerprint density at radius 3 is 2.58 bits per heavy atom. The van der Waals surface area contributed by atoms with Gasteiger partial charge in [-0.2, -0.15) is 4.80 Å². The van der Waals surface area contributed by atoms with Crippen LogP contribution in [0.1, 0.15) is 35.7 Å². The standard InChI is InChI=1S/C18H17FN4O/c1-12(2)13-6-8-14(9-7-13)17(24)11-23-21-18(20-22-23)15-4-3-5-16(19)10-15/h3-10,12H,11H2,1-2H3. The van der Waals surface area contributed by atoms with E-state index in [0.717, 1.165) is 0 Å². The minimum absolute atomic E-state index is 0.0106. The predicted molar refractivity (Wildman–Crippen MR) is 88.1 cm³/mol. The zero-order chi connectivity index (χ0) is 17.1. The van der Waals surface area contributed by atoms with Gasteiger partial charge in [0.25, 0.3) is 0 Å². The van der Waals surface area contributed by atoms with Crippen molar-refractivity contribution in [3.63, 3.8) is 0 Å².